The first-order valence-corrected chi connectivity index (χ1v) is 9.71. The largest absolute Gasteiger partial charge is 0.508 e. The zero-order chi connectivity index (χ0) is 19.1. The van der Waals surface area contributed by atoms with E-state index in [2.05, 4.69) is 51.3 Å². The Morgan fingerprint density at radius 3 is 2.43 bits per heavy atom. The van der Waals surface area contributed by atoms with E-state index >= 15 is 0 Å². The van der Waals surface area contributed by atoms with Gasteiger partial charge in [-0.05, 0) is 55.2 Å². The molecule has 2 aromatic rings. The van der Waals surface area contributed by atoms with E-state index in [9.17, 15) is 5.11 Å². The number of guanidine groups is 1. The number of piperazine rings is 1. The number of aryl methyl sites for hydroxylation is 2. The molecule has 1 aliphatic heterocycles. The van der Waals surface area contributed by atoms with Crippen LogP contribution in [-0.2, 0) is 6.42 Å². The highest BCUT2D eigenvalue weighted by molar-refractivity contribution is 14.0. The number of benzene rings is 2. The van der Waals surface area contributed by atoms with E-state index in [-0.39, 0.29) is 24.0 Å². The lowest BCUT2D eigenvalue weighted by atomic mass is 10.1. The molecule has 5 nitrogen and oxygen atoms in total. The van der Waals surface area contributed by atoms with Crippen LogP contribution in [0.3, 0.4) is 0 Å². The molecule has 0 amide bonds. The van der Waals surface area contributed by atoms with Crippen molar-refractivity contribution in [3.8, 4) is 5.75 Å². The smallest absolute Gasteiger partial charge is 0.193 e. The van der Waals surface area contributed by atoms with Gasteiger partial charge >= 0.3 is 0 Å². The third kappa shape index (κ3) is 6.29. The molecular weight excluding hydrogens is 463 g/mol. The van der Waals surface area contributed by atoms with Gasteiger partial charge in [-0.15, -0.1) is 24.0 Å². The van der Waals surface area contributed by atoms with Gasteiger partial charge in [-0.3, -0.25) is 4.99 Å². The van der Waals surface area contributed by atoms with Crippen molar-refractivity contribution in [1.29, 1.82) is 0 Å². The molecule has 0 radical (unpaired) electrons. The highest BCUT2D eigenvalue weighted by atomic mass is 127. The van der Waals surface area contributed by atoms with Crippen molar-refractivity contribution in [3.63, 3.8) is 0 Å². The maximum absolute atomic E-state index is 9.35. The number of hydrogen-bond acceptors (Lipinski definition) is 3. The molecule has 0 unspecified atom stereocenters. The van der Waals surface area contributed by atoms with Crippen LogP contribution in [0.4, 0.5) is 5.69 Å². The van der Waals surface area contributed by atoms with Gasteiger partial charge in [-0.25, -0.2) is 0 Å². The molecular formula is C22H31IN4O. The minimum absolute atomic E-state index is 0. The fourth-order valence-corrected chi connectivity index (χ4v) is 3.49. The van der Waals surface area contributed by atoms with Crippen LogP contribution < -0.4 is 10.2 Å². The molecule has 0 atom stereocenters. The highest BCUT2D eigenvalue weighted by Gasteiger charge is 2.19. The van der Waals surface area contributed by atoms with Crippen LogP contribution in [0.2, 0.25) is 0 Å². The first-order valence-electron chi connectivity index (χ1n) is 9.71. The third-order valence-electron chi connectivity index (χ3n) is 5.02. The van der Waals surface area contributed by atoms with E-state index < -0.39 is 0 Å². The van der Waals surface area contributed by atoms with Gasteiger partial charge in [0.1, 0.15) is 5.75 Å². The first-order chi connectivity index (χ1) is 13.2. The molecule has 6 heteroatoms. The summed E-state index contributed by atoms with van der Waals surface area (Å²) in [6.07, 6.45) is 2.03. The number of halogens is 1. The minimum Gasteiger partial charge on any atom is -0.508 e. The van der Waals surface area contributed by atoms with Crippen LogP contribution in [0.25, 0.3) is 0 Å². The van der Waals surface area contributed by atoms with E-state index in [0.717, 1.165) is 51.5 Å². The Hall–Kier alpha value is -1.96. The fraction of sp³-hybridized carbons (Fsp3) is 0.409. The Labute approximate surface area is 185 Å². The predicted octanol–water partition coefficient (Wildman–Crippen LogP) is 3.65. The van der Waals surface area contributed by atoms with Gasteiger partial charge in [0.05, 0.1) is 0 Å². The van der Waals surface area contributed by atoms with Crippen LogP contribution in [0, 0.1) is 6.92 Å². The molecule has 28 heavy (non-hydrogen) atoms. The van der Waals surface area contributed by atoms with E-state index in [1.165, 1.54) is 16.8 Å². The topological polar surface area (TPSA) is 51.1 Å². The fourth-order valence-electron chi connectivity index (χ4n) is 3.49. The zero-order valence-corrected chi connectivity index (χ0v) is 19.1. The van der Waals surface area contributed by atoms with Crippen molar-refractivity contribution >= 4 is 35.6 Å². The summed E-state index contributed by atoms with van der Waals surface area (Å²) < 4.78 is 0. The van der Waals surface area contributed by atoms with E-state index in [1.54, 1.807) is 12.1 Å². The number of hydrogen-bond donors (Lipinski definition) is 2. The van der Waals surface area contributed by atoms with Gasteiger partial charge in [0.25, 0.3) is 0 Å². The molecule has 1 fully saturated rings. The number of aliphatic imine (C=N–C) groups is 1. The molecule has 2 aromatic carbocycles. The normalized spacial score (nSPS) is 14.6. The second kappa shape index (κ2) is 11.1. The molecule has 3 rings (SSSR count). The van der Waals surface area contributed by atoms with Crippen molar-refractivity contribution in [3.05, 3.63) is 59.7 Å². The molecule has 0 aliphatic carbocycles. The molecule has 0 spiro atoms. The zero-order valence-electron chi connectivity index (χ0n) is 16.8. The van der Waals surface area contributed by atoms with Crippen LogP contribution in [0.15, 0.2) is 53.5 Å². The summed E-state index contributed by atoms with van der Waals surface area (Å²) >= 11 is 0. The summed E-state index contributed by atoms with van der Waals surface area (Å²) in [5.41, 5.74) is 3.86. The summed E-state index contributed by atoms with van der Waals surface area (Å²) in [5, 5.41) is 12.8. The lowest BCUT2D eigenvalue weighted by molar-refractivity contribution is 0.372. The van der Waals surface area contributed by atoms with Crippen molar-refractivity contribution in [2.75, 3.05) is 44.7 Å². The Morgan fingerprint density at radius 1 is 1.07 bits per heavy atom. The number of nitrogens with zero attached hydrogens (tertiary/aromatic N) is 3. The number of anilines is 1. The molecule has 2 N–H and O–H groups in total. The molecule has 0 bridgehead atoms. The van der Waals surface area contributed by atoms with Crippen molar-refractivity contribution in [2.24, 2.45) is 4.99 Å². The van der Waals surface area contributed by atoms with Crippen molar-refractivity contribution in [2.45, 2.75) is 19.8 Å². The molecule has 1 saturated heterocycles. The van der Waals surface area contributed by atoms with Gasteiger partial charge < -0.3 is 20.2 Å². The number of nitrogens with one attached hydrogen (secondary N) is 1. The van der Waals surface area contributed by atoms with Crippen LogP contribution in [0.5, 0.6) is 5.75 Å². The Bertz CT molecular complexity index is 755. The van der Waals surface area contributed by atoms with Gasteiger partial charge in [0.15, 0.2) is 5.96 Å². The summed E-state index contributed by atoms with van der Waals surface area (Å²) in [4.78, 5) is 9.25. The molecule has 152 valence electrons. The summed E-state index contributed by atoms with van der Waals surface area (Å²) in [6, 6.07) is 16.2. The lowest BCUT2D eigenvalue weighted by Crippen LogP contribution is -2.52. The monoisotopic (exact) mass is 494 g/mol. The van der Waals surface area contributed by atoms with Crippen LogP contribution >= 0.6 is 24.0 Å². The molecule has 1 heterocycles. The first kappa shape index (κ1) is 22.3. The Balaban J connectivity index is 0.00000280. The summed E-state index contributed by atoms with van der Waals surface area (Å²) in [5.74, 6) is 1.31. The van der Waals surface area contributed by atoms with Gasteiger partial charge in [-0.2, -0.15) is 0 Å². The summed E-state index contributed by atoms with van der Waals surface area (Å²) in [6.45, 7) is 7.02. The quantitative estimate of drug-likeness (QED) is 0.289. The van der Waals surface area contributed by atoms with E-state index in [1.807, 2.05) is 19.2 Å². The Morgan fingerprint density at radius 2 is 1.79 bits per heavy atom. The van der Waals surface area contributed by atoms with E-state index in [0.29, 0.717) is 5.75 Å². The maximum atomic E-state index is 9.35. The number of phenols is 1. The van der Waals surface area contributed by atoms with Gasteiger partial charge in [0, 0.05) is 45.5 Å². The van der Waals surface area contributed by atoms with Crippen molar-refractivity contribution < 1.29 is 5.11 Å². The van der Waals surface area contributed by atoms with Gasteiger partial charge in [0.2, 0.25) is 0 Å². The minimum atomic E-state index is 0. The average molecular weight is 494 g/mol. The second-order valence-corrected chi connectivity index (χ2v) is 7.06. The van der Waals surface area contributed by atoms with Crippen molar-refractivity contribution in [1.82, 2.24) is 10.2 Å². The van der Waals surface area contributed by atoms with Gasteiger partial charge in [-0.1, -0.05) is 24.3 Å². The highest BCUT2D eigenvalue weighted by Crippen LogP contribution is 2.18. The predicted molar refractivity (Wildman–Crippen MR) is 128 cm³/mol. The standard InChI is InChI=1S/C22H30N4O.HI/c1-18-5-3-7-20(17-18)25-13-15-26(16-14-25)22(23-2)24-12-4-6-19-8-10-21(27)11-9-19;/h3,5,7-11,17,27H,4,6,12-16H2,1-2H3,(H,23,24);1H. The molecule has 0 aromatic heterocycles. The third-order valence-corrected chi connectivity index (χ3v) is 5.02. The van der Waals surface area contributed by atoms with E-state index in [4.69, 9.17) is 0 Å². The maximum Gasteiger partial charge on any atom is 0.193 e. The number of aromatic hydroxyl groups is 1. The molecule has 1 aliphatic rings. The van der Waals surface area contributed by atoms with Crippen LogP contribution in [-0.4, -0.2) is 55.7 Å². The average Bonchev–Trinajstić information content (AvgIpc) is 2.70. The van der Waals surface area contributed by atoms with Crippen LogP contribution in [0.1, 0.15) is 17.5 Å². The number of phenolic OH excluding ortho intramolecular Hbond substituents is 1. The SMILES string of the molecule is CN=C(NCCCc1ccc(O)cc1)N1CCN(c2cccc(C)c2)CC1.I. The second-order valence-electron chi connectivity index (χ2n) is 7.06. The lowest BCUT2D eigenvalue weighted by Gasteiger charge is -2.37. The molecule has 0 saturated carbocycles. The summed E-state index contributed by atoms with van der Waals surface area (Å²) in [7, 11) is 1.86. The number of rotatable bonds is 5. The Kier molecular flexibility index (Phi) is 8.89.